The van der Waals surface area contributed by atoms with Crippen molar-refractivity contribution in [2.24, 2.45) is 0 Å². The van der Waals surface area contributed by atoms with E-state index in [9.17, 15) is 13.2 Å². The standard InChI is InChI=1S/C22H19Cl2N3O3S2/c23-16-6-11-19(20(24)14-16)21(28)27-22(31)26-17-7-9-18(10-8-17)32(29,30)25-13-12-15-4-2-1-3-5-15/h1-11,14,25H,12-13H2,(H2,26,27,28,31). The highest BCUT2D eigenvalue weighted by molar-refractivity contribution is 7.89. The molecule has 0 unspecified atom stereocenters. The van der Waals surface area contributed by atoms with Crippen LogP contribution in [0.15, 0.2) is 77.7 Å². The molecule has 0 spiro atoms. The summed E-state index contributed by atoms with van der Waals surface area (Å²) in [5.41, 5.74) is 1.79. The molecule has 0 bridgehead atoms. The van der Waals surface area contributed by atoms with E-state index in [-0.39, 0.29) is 27.1 Å². The van der Waals surface area contributed by atoms with Crippen LogP contribution in [0.4, 0.5) is 5.69 Å². The summed E-state index contributed by atoms with van der Waals surface area (Å²) in [6.07, 6.45) is 0.589. The molecule has 32 heavy (non-hydrogen) atoms. The number of benzene rings is 3. The third-order valence-corrected chi connectivity index (χ3v) is 6.60. The number of nitrogens with one attached hydrogen (secondary N) is 3. The number of thiocarbonyl (C=S) groups is 1. The molecule has 3 N–H and O–H groups in total. The lowest BCUT2D eigenvalue weighted by Gasteiger charge is -2.11. The molecule has 10 heteroatoms. The lowest BCUT2D eigenvalue weighted by molar-refractivity contribution is 0.0978. The third kappa shape index (κ3) is 6.75. The maximum Gasteiger partial charge on any atom is 0.258 e. The van der Waals surface area contributed by atoms with Gasteiger partial charge in [-0.2, -0.15) is 0 Å². The number of amides is 1. The van der Waals surface area contributed by atoms with Crippen LogP contribution in [0.1, 0.15) is 15.9 Å². The van der Waals surface area contributed by atoms with Gasteiger partial charge in [-0.3, -0.25) is 10.1 Å². The van der Waals surface area contributed by atoms with Gasteiger partial charge in [0.1, 0.15) is 0 Å². The fourth-order valence-corrected chi connectivity index (χ4v) is 4.52. The van der Waals surface area contributed by atoms with Gasteiger partial charge in [-0.15, -0.1) is 0 Å². The van der Waals surface area contributed by atoms with Gasteiger partial charge >= 0.3 is 0 Å². The van der Waals surface area contributed by atoms with Crippen molar-refractivity contribution in [3.8, 4) is 0 Å². The van der Waals surface area contributed by atoms with E-state index in [1.165, 1.54) is 24.3 Å². The third-order valence-electron chi connectivity index (χ3n) is 4.37. The number of sulfonamides is 1. The van der Waals surface area contributed by atoms with Crippen LogP contribution in [-0.2, 0) is 16.4 Å². The summed E-state index contributed by atoms with van der Waals surface area (Å²) in [4.78, 5) is 12.4. The van der Waals surface area contributed by atoms with E-state index in [2.05, 4.69) is 15.4 Å². The first-order valence-corrected chi connectivity index (χ1v) is 12.1. The maximum atomic E-state index is 12.5. The summed E-state index contributed by atoms with van der Waals surface area (Å²) in [7, 11) is -3.64. The van der Waals surface area contributed by atoms with Gasteiger partial charge in [0.05, 0.1) is 15.5 Å². The van der Waals surface area contributed by atoms with E-state index < -0.39 is 15.9 Å². The Balaban J connectivity index is 1.55. The van der Waals surface area contributed by atoms with Gasteiger partial charge < -0.3 is 5.32 Å². The van der Waals surface area contributed by atoms with Crippen LogP contribution in [0.3, 0.4) is 0 Å². The quantitative estimate of drug-likeness (QED) is 0.405. The molecule has 0 aliphatic heterocycles. The van der Waals surface area contributed by atoms with E-state index in [0.29, 0.717) is 17.1 Å². The molecule has 1 amide bonds. The predicted octanol–water partition coefficient (Wildman–Crippen LogP) is 4.64. The molecule has 6 nitrogen and oxygen atoms in total. The fraction of sp³-hybridized carbons (Fsp3) is 0.0909. The van der Waals surface area contributed by atoms with E-state index in [4.69, 9.17) is 35.4 Å². The first kappa shape index (κ1) is 24.2. The second-order valence-corrected chi connectivity index (χ2v) is 9.71. The van der Waals surface area contributed by atoms with Crippen LogP contribution < -0.4 is 15.4 Å². The van der Waals surface area contributed by atoms with Crippen LogP contribution in [0, 0.1) is 0 Å². The Hall–Kier alpha value is -2.49. The SMILES string of the molecule is O=C(NC(=S)Nc1ccc(S(=O)(=O)NCCc2ccccc2)cc1)c1ccc(Cl)cc1Cl. The molecule has 0 aromatic heterocycles. The Kier molecular flexibility index (Phi) is 8.22. The van der Waals surface area contributed by atoms with Crippen LogP contribution in [-0.4, -0.2) is 26.0 Å². The predicted molar refractivity (Wildman–Crippen MR) is 132 cm³/mol. The monoisotopic (exact) mass is 507 g/mol. The van der Waals surface area contributed by atoms with Crippen molar-refractivity contribution in [2.75, 3.05) is 11.9 Å². The Morgan fingerprint density at radius 2 is 1.62 bits per heavy atom. The summed E-state index contributed by atoms with van der Waals surface area (Å²) in [5.74, 6) is -0.494. The summed E-state index contributed by atoms with van der Waals surface area (Å²) >= 11 is 17.0. The van der Waals surface area contributed by atoms with E-state index in [1.54, 1.807) is 18.2 Å². The number of anilines is 1. The van der Waals surface area contributed by atoms with Crippen LogP contribution in [0.25, 0.3) is 0 Å². The highest BCUT2D eigenvalue weighted by Gasteiger charge is 2.15. The molecular weight excluding hydrogens is 489 g/mol. The lowest BCUT2D eigenvalue weighted by Crippen LogP contribution is -2.34. The first-order valence-electron chi connectivity index (χ1n) is 9.45. The number of hydrogen-bond acceptors (Lipinski definition) is 4. The fourth-order valence-electron chi connectivity index (χ4n) is 2.78. The summed E-state index contributed by atoms with van der Waals surface area (Å²) in [5, 5.41) is 6.00. The van der Waals surface area contributed by atoms with Crippen molar-refractivity contribution >= 4 is 62.2 Å². The van der Waals surface area contributed by atoms with Gasteiger partial charge in [0.25, 0.3) is 5.91 Å². The Bertz CT molecular complexity index is 1220. The zero-order valence-electron chi connectivity index (χ0n) is 16.6. The highest BCUT2D eigenvalue weighted by Crippen LogP contribution is 2.21. The smallest absolute Gasteiger partial charge is 0.258 e. The Morgan fingerprint density at radius 3 is 2.28 bits per heavy atom. The molecule has 166 valence electrons. The molecule has 0 radical (unpaired) electrons. The second kappa shape index (κ2) is 10.9. The number of halogens is 2. The minimum Gasteiger partial charge on any atom is -0.332 e. The average Bonchev–Trinajstić information content (AvgIpc) is 2.74. The summed E-state index contributed by atoms with van der Waals surface area (Å²) in [6.45, 7) is 0.287. The molecule has 3 rings (SSSR count). The van der Waals surface area contributed by atoms with Gasteiger partial charge in [0.15, 0.2) is 5.11 Å². The number of carbonyl (C=O) groups is 1. The highest BCUT2D eigenvalue weighted by atomic mass is 35.5. The van der Waals surface area contributed by atoms with Gasteiger partial charge in [0.2, 0.25) is 10.0 Å². The van der Waals surface area contributed by atoms with Crippen LogP contribution in [0.2, 0.25) is 10.0 Å². The number of rotatable bonds is 7. The topological polar surface area (TPSA) is 87.3 Å². The van der Waals surface area contributed by atoms with E-state index >= 15 is 0 Å². The average molecular weight is 508 g/mol. The van der Waals surface area contributed by atoms with Crippen molar-refractivity contribution < 1.29 is 13.2 Å². The van der Waals surface area contributed by atoms with E-state index in [0.717, 1.165) is 5.56 Å². The molecule has 0 atom stereocenters. The van der Waals surface area contributed by atoms with Gasteiger partial charge in [0, 0.05) is 17.3 Å². The number of hydrogen-bond donors (Lipinski definition) is 3. The minimum atomic E-state index is -3.64. The van der Waals surface area contributed by atoms with Crippen molar-refractivity contribution in [3.05, 3.63) is 94.0 Å². The summed E-state index contributed by atoms with van der Waals surface area (Å²) < 4.78 is 27.5. The molecule has 0 heterocycles. The molecule has 0 aliphatic rings. The molecule has 3 aromatic rings. The molecule has 0 saturated heterocycles. The van der Waals surface area contributed by atoms with Crippen LogP contribution in [0.5, 0.6) is 0 Å². The Labute approximate surface area is 202 Å². The van der Waals surface area contributed by atoms with Crippen molar-refractivity contribution in [1.29, 1.82) is 0 Å². The lowest BCUT2D eigenvalue weighted by atomic mass is 10.2. The molecule has 0 saturated carbocycles. The molecule has 0 fully saturated rings. The maximum absolute atomic E-state index is 12.5. The molecule has 3 aromatic carbocycles. The van der Waals surface area contributed by atoms with Crippen LogP contribution >= 0.6 is 35.4 Å². The first-order chi connectivity index (χ1) is 15.2. The van der Waals surface area contributed by atoms with Gasteiger partial charge in [-0.05, 0) is 66.7 Å². The van der Waals surface area contributed by atoms with Crippen molar-refractivity contribution in [2.45, 2.75) is 11.3 Å². The van der Waals surface area contributed by atoms with Gasteiger partial charge in [-0.25, -0.2) is 13.1 Å². The van der Waals surface area contributed by atoms with E-state index in [1.807, 2.05) is 30.3 Å². The second-order valence-electron chi connectivity index (χ2n) is 6.69. The number of carbonyl (C=O) groups excluding carboxylic acids is 1. The van der Waals surface area contributed by atoms with Gasteiger partial charge in [-0.1, -0.05) is 53.5 Å². The largest absolute Gasteiger partial charge is 0.332 e. The van der Waals surface area contributed by atoms with Crippen molar-refractivity contribution in [3.63, 3.8) is 0 Å². The molecule has 0 aliphatic carbocycles. The normalized spacial score (nSPS) is 11.1. The molecular formula is C22H19Cl2N3O3S2. The Morgan fingerprint density at radius 1 is 0.938 bits per heavy atom. The minimum absolute atomic E-state index is 0.0395. The summed E-state index contributed by atoms with van der Waals surface area (Å²) in [6, 6.07) is 20.1. The zero-order valence-corrected chi connectivity index (χ0v) is 19.8. The van der Waals surface area contributed by atoms with Crippen molar-refractivity contribution in [1.82, 2.24) is 10.0 Å². The zero-order chi connectivity index (χ0) is 23.1.